The Kier molecular flexibility index (Phi) is 3.22. The number of anilines is 3. The van der Waals surface area contributed by atoms with Crippen LogP contribution in [0.1, 0.15) is 0 Å². The van der Waals surface area contributed by atoms with Crippen molar-refractivity contribution in [2.45, 2.75) is 0 Å². The zero-order chi connectivity index (χ0) is 11.5. The van der Waals surface area contributed by atoms with E-state index in [1.165, 1.54) is 0 Å². The topological polar surface area (TPSA) is 38.0 Å². The van der Waals surface area contributed by atoms with Crippen LogP contribution in [-0.2, 0) is 0 Å². The number of hydrogen-bond acceptors (Lipinski definition) is 2. The van der Waals surface area contributed by atoms with Crippen molar-refractivity contribution in [1.29, 1.82) is 0 Å². The fourth-order valence-corrected chi connectivity index (χ4v) is 1.78. The highest BCUT2D eigenvalue weighted by molar-refractivity contribution is 6.35. The van der Waals surface area contributed by atoms with E-state index in [1.54, 1.807) is 24.3 Å². The van der Waals surface area contributed by atoms with E-state index in [-0.39, 0.29) is 0 Å². The lowest BCUT2D eigenvalue weighted by molar-refractivity contribution is 1.54. The van der Waals surface area contributed by atoms with Gasteiger partial charge in [0.05, 0.1) is 27.1 Å². The molecule has 0 amide bonds. The number of nitrogens with one attached hydrogen (secondary N) is 1. The highest BCUT2D eigenvalue weighted by Gasteiger charge is 2.06. The Morgan fingerprint density at radius 3 is 2.25 bits per heavy atom. The summed E-state index contributed by atoms with van der Waals surface area (Å²) >= 11 is 12.1. The molecule has 0 aliphatic heterocycles. The predicted octanol–water partition coefficient (Wildman–Crippen LogP) is 4.32. The van der Waals surface area contributed by atoms with Crippen molar-refractivity contribution in [2.24, 2.45) is 0 Å². The van der Waals surface area contributed by atoms with Crippen molar-refractivity contribution in [2.75, 3.05) is 11.1 Å². The third-order valence-corrected chi connectivity index (χ3v) is 2.82. The lowest BCUT2D eigenvalue weighted by Crippen LogP contribution is -1.97. The molecular weight excluding hydrogens is 243 g/mol. The van der Waals surface area contributed by atoms with E-state index in [1.807, 2.05) is 18.2 Å². The molecule has 3 N–H and O–H groups in total. The second-order valence-electron chi connectivity index (χ2n) is 3.31. The number of nitrogen functional groups attached to an aromatic ring is 1. The number of halogens is 2. The van der Waals surface area contributed by atoms with Gasteiger partial charge in [0, 0.05) is 0 Å². The van der Waals surface area contributed by atoms with Crippen LogP contribution in [0.25, 0.3) is 0 Å². The van der Waals surface area contributed by atoms with E-state index in [9.17, 15) is 0 Å². The van der Waals surface area contributed by atoms with E-state index >= 15 is 0 Å². The Morgan fingerprint density at radius 2 is 1.56 bits per heavy atom. The molecule has 0 radical (unpaired) electrons. The molecule has 2 nitrogen and oxygen atoms in total. The third kappa shape index (κ3) is 2.23. The monoisotopic (exact) mass is 252 g/mol. The fourth-order valence-electron chi connectivity index (χ4n) is 1.37. The second kappa shape index (κ2) is 4.64. The van der Waals surface area contributed by atoms with Gasteiger partial charge in [-0.25, -0.2) is 0 Å². The minimum Gasteiger partial charge on any atom is -0.397 e. The summed E-state index contributed by atoms with van der Waals surface area (Å²) in [7, 11) is 0. The molecule has 0 aliphatic rings. The van der Waals surface area contributed by atoms with E-state index in [0.717, 1.165) is 5.69 Å². The van der Waals surface area contributed by atoms with Crippen LogP contribution in [-0.4, -0.2) is 0 Å². The minimum atomic E-state index is 0.569. The summed E-state index contributed by atoms with van der Waals surface area (Å²) in [5.41, 5.74) is 7.88. The molecule has 0 atom stereocenters. The van der Waals surface area contributed by atoms with Crippen LogP contribution in [0.3, 0.4) is 0 Å². The highest BCUT2D eigenvalue weighted by Crippen LogP contribution is 2.33. The first-order chi connectivity index (χ1) is 7.68. The summed E-state index contributed by atoms with van der Waals surface area (Å²) in [4.78, 5) is 0. The van der Waals surface area contributed by atoms with Crippen molar-refractivity contribution >= 4 is 40.3 Å². The summed E-state index contributed by atoms with van der Waals surface area (Å²) < 4.78 is 0. The van der Waals surface area contributed by atoms with Crippen LogP contribution in [0.15, 0.2) is 42.5 Å². The first-order valence-electron chi connectivity index (χ1n) is 4.74. The Hall–Kier alpha value is -1.38. The number of benzene rings is 2. The van der Waals surface area contributed by atoms with Gasteiger partial charge >= 0.3 is 0 Å². The quantitative estimate of drug-likeness (QED) is 0.782. The molecule has 0 unspecified atom stereocenters. The van der Waals surface area contributed by atoms with Crippen molar-refractivity contribution < 1.29 is 0 Å². The Bertz CT molecular complexity index is 492. The molecule has 16 heavy (non-hydrogen) atoms. The number of nitrogens with two attached hydrogens (primary N) is 1. The Balaban J connectivity index is 2.38. The lowest BCUT2D eigenvalue weighted by Gasteiger charge is -2.12. The van der Waals surface area contributed by atoms with E-state index < -0.39 is 0 Å². The minimum absolute atomic E-state index is 0.569. The summed E-state index contributed by atoms with van der Waals surface area (Å²) in [6.07, 6.45) is 0. The zero-order valence-electron chi connectivity index (χ0n) is 8.37. The van der Waals surface area contributed by atoms with Crippen LogP contribution in [0.5, 0.6) is 0 Å². The summed E-state index contributed by atoms with van der Waals surface area (Å²) in [5, 5.41) is 4.32. The molecule has 0 aliphatic carbocycles. The maximum Gasteiger partial charge on any atom is 0.0807 e. The standard InChI is InChI=1S/C12H10Cl2N2/c13-8-4-1-2-7-11(8)16-12-9(14)5-3-6-10(12)15/h1-7,16H,15H2. The average Bonchev–Trinajstić information content (AvgIpc) is 2.26. The molecule has 82 valence electrons. The number of rotatable bonds is 2. The van der Waals surface area contributed by atoms with Crippen LogP contribution in [0.4, 0.5) is 17.1 Å². The van der Waals surface area contributed by atoms with E-state index in [0.29, 0.717) is 21.4 Å². The van der Waals surface area contributed by atoms with E-state index in [4.69, 9.17) is 28.9 Å². The van der Waals surface area contributed by atoms with Gasteiger partial charge in [-0.2, -0.15) is 0 Å². The largest absolute Gasteiger partial charge is 0.397 e. The molecule has 0 saturated heterocycles. The Labute approximate surface area is 104 Å². The first-order valence-corrected chi connectivity index (χ1v) is 5.49. The first kappa shape index (κ1) is 11.1. The van der Waals surface area contributed by atoms with Crippen molar-refractivity contribution in [3.8, 4) is 0 Å². The molecule has 2 rings (SSSR count). The normalized spacial score (nSPS) is 10.1. The van der Waals surface area contributed by atoms with Crippen molar-refractivity contribution in [1.82, 2.24) is 0 Å². The molecule has 0 spiro atoms. The van der Waals surface area contributed by atoms with Gasteiger partial charge in [-0.05, 0) is 24.3 Å². The molecule has 0 bridgehead atoms. The lowest BCUT2D eigenvalue weighted by atomic mass is 10.2. The van der Waals surface area contributed by atoms with Gasteiger partial charge in [-0.15, -0.1) is 0 Å². The van der Waals surface area contributed by atoms with Crippen LogP contribution < -0.4 is 11.1 Å². The van der Waals surface area contributed by atoms with Gasteiger partial charge in [0.25, 0.3) is 0 Å². The van der Waals surface area contributed by atoms with Gasteiger partial charge in [0.15, 0.2) is 0 Å². The van der Waals surface area contributed by atoms with Crippen LogP contribution in [0.2, 0.25) is 10.0 Å². The summed E-state index contributed by atoms with van der Waals surface area (Å²) in [6, 6.07) is 12.8. The maximum atomic E-state index is 6.05. The number of hydrogen-bond donors (Lipinski definition) is 2. The molecule has 0 heterocycles. The smallest absolute Gasteiger partial charge is 0.0807 e. The molecule has 4 heteroatoms. The summed E-state index contributed by atoms with van der Waals surface area (Å²) in [5.74, 6) is 0. The van der Waals surface area contributed by atoms with Crippen molar-refractivity contribution in [3.05, 3.63) is 52.5 Å². The SMILES string of the molecule is Nc1cccc(Cl)c1Nc1ccccc1Cl. The van der Waals surface area contributed by atoms with E-state index in [2.05, 4.69) is 5.32 Å². The second-order valence-corrected chi connectivity index (χ2v) is 4.12. The predicted molar refractivity (Wildman–Crippen MR) is 70.6 cm³/mol. The van der Waals surface area contributed by atoms with Crippen LogP contribution >= 0.6 is 23.2 Å². The number of para-hydroxylation sites is 2. The van der Waals surface area contributed by atoms with Gasteiger partial charge in [-0.3, -0.25) is 0 Å². The van der Waals surface area contributed by atoms with Gasteiger partial charge in [0.1, 0.15) is 0 Å². The maximum absolute atomic E-state index is 6.05. The average molecular weight is 253 g/mol. The molecule has 0 aromatic heterocycles. The fraction of sp³-hybridized carbons (Fsp3) is 0. The molecule has 0 saturated carbocycles. The van der Waals surface area contributed by atoms with Gasteiger partial charge in [0.2, 0.25) is 0 Å². The molecule has 0 fully saturated rings. The summed E-state index contributed by atoms with van der Waals surface area (Å²) in [6.45, 7) is 0. The van der Waals surface area contributed by atoms with Crippen LogP contribution in [0, 0.1) is 0 Å². The van der Waals surface area contributed by atoms with Crippen molar-refractivity contribution in [3.63, 3.8) is 0 Å². The van der Waals surface area contributed by atoms with Gasteiger partial charge < -0.3 is 11.1 Å². The van der Waals surface area contributed by atoms with Gasteiger partial charge in [-0.1, -0.05) is 41.4 Å². The Morgan fingerprint density at radius 1 is 0.875 bits per heavy atom. The molecule has 2 aromatic carbocycles. The molecular formula is C12H10Cl2N2. The third-order valence-electron chi connectivity index (χ3n) is 2.18. The highest BCUT2D eigenvalue weighted by atomic mass is 35.5. The molecule has 2 aromatic rings. The zero-order valence-corrected chi connectivity index (χ0v) is 9.89.